The maximum absolute atomic E-state index is 13.6. The summed E-state index contributed by atoms with van der Waals surface area (Å²) in [5.74, 6) is 0.168. The topological polar surface area (TPSA) is 84.3 Å². The first kappa shape index (κ1) is 26.7. The number of aliphatic hydroxyl groups is 1. The SMILES string of the molecule is CCNC(=NCC(O)c1cc(OC)cc(OC)c1)NCCOc1ccc(F)cc1F.I. The Morgan fingerprint density at radius 3 is 2.32 bits per heavy atom. The molecule has 0 bridgehead atoms. The fraction of sp³-hybridized carbons (Fsp3) is 0.381. The number of guanidine groups is 1. The highest BCUT2D eigenvalue weighted by Crippen LogP contribution is 2.26. The summed E-state index contributed by atoms with van der Waals surface area (Å²) in [5, 5.41) is 16.6. The van der Waals surface area contributed by atoms with Crippen molar-refractivity contribution in [2.45, 2.75) is 13.0 Å². The van der Waals surface area contributed by atoms with Gasteiger partial charge in [-0.05, 0) is 36.8 Å². The highest BCUT2D eigenvalue weighted by atomic mass is 127. The molecule has 2 aromatic carbocycles. The Labute approximate surface area is 197 Å². The van der Waals surface area contributed by atoms with Gasteiger partial charge in [0.1, 0.15) is 23.9 Å². The Hall–Kier alpha value is -2.34. The molecule has 0 fully saturated rings. The first-order valence-electron chi connectivity index (χ1n) is 9.47. The predicted molar refractivity (Wildman–Crippen MR) is 126 cm³/mol. The van der Waals surface area contributed by atoms with Crippen LogP contribution in [-0.4, -0.2) is 51.5 Å². The lowest BCUT2D eigenvalue weighted by Crippen LogP contribution is -2.39. The van der Waals surface area contributed by atoms with Gasteiger partial charge in [0.2, 0.25) is 0 Å². The molecule has 0 aromatic heterocycles. The lowest BCUT2D eigenvalue weighted by atomic mass is 10.1. The van der Waals surface area contributed by atoms with Crippen LogP contribution in [0.25, 0.3) is 0 Å². The smallest absolute Gasteiger partial charge is 0.191 e. The van der Waals surface area contributed by atoms with E-state index in [4.69, 9.17) is 14.2 Å². The van der Waals surface area contributed by atoms with E-state index < -0.39 is 17.7 Å². The number of aliphatic hydroxyl groups excluding tert-OH is 1. The van der Waals surface area contributed by atoms with Crippen molar-refractivity contribution in [2.75, 3.05) is 40.5 Å². The van der Waals surface area contributed by atoms with Crippen molar-refractivity contribution in [3.05, 3.63) is 53.6 Å². The van der Waals surface area contributed by atoms with Gasteiger partial charge < -0.3 is 30.0 Å². The number of nitrogens with one attached hydrogen (secondary N) is 2. The van der Waals surface area contributed by atoms with Crippen molar-refractivity contribution < 1.29 is 28.1 Å². The molecule has 1 atom stereocenters. The lowest BCUT2D eigenvalue weighted by molar-refractivity contribution is 0.186. The van der Waals surface area contributed by atoms with E-state index in [1.54, 1.807) is 18.2 Å². The molecule has 0 saturated carbocycles. The Morgan fingerprint density at radius 2 is 1.74 bits per heavy atom. The number of aliphatic imine (C=N–C) groups is 1. The Balaban J connectivity index is 0.00000480. The monoisotopic (exact) mass is 551 g/mol. The van der Waals surface area contributed by atoms with Gasteiger partial charge in [-0.2, -0.15) is 0 Å². The third-order valence-electron chi connectivity index (χ3n) is 4.07. The number of halogens is 3. The normalized spacial score (nSPS) is 11.9. The van der Waals surface area contributed by atoms with Crippen LogP contribution < -0.4 is 24.8 Å². The van der Waals surface area contributed by atoms with Crippen molar-refractivity contribution in [3.63, 3.8) is 0 Å². The highest BCUT2D eigenvalue weighted by molar-refractivity contribution is 14.0. The van der Waals surface area contributed by atoms with Crippen molar-refractivity contribution >= 4 is 29.9 Å². The second-order valence-corrected chi connectivity index (χ2v) is 6.23. The molecule has 2 aromatic rings. The Morgan fingerprint density at radius 1 is 1.06 bits per heavy atom. The van der Waals surface area contributed by atoms with Crippen LogP contribution in [0.4, 0.5) is 8.78 Å². The Kier molecular flexibility index (Phi) is 11.9. The number of hydrogen-bond acceptors (Lipinski definition) is 5. The summed E-state index contributed by atoms with van der Waals surface area (Å²) in [5.41, 5.74) is 0.612. The molecule has 10 heteroatoms. The molecule has 2 rings (SSSR count). The molecule has 0 aliphatic heterocycles. The summed E-state index contributed by atoms with van der Waals surface area (Å²) in [6.45, 7) is 3.08. The highest BCUT2D eigenvalue weighted by Gasteiger charge is 2.11. The molecule has 0 amide bonds. The molecule has 0 aliphatic carbocycles. The van der Waals surface area contributed by atoms with Gasteiger partial charge in [0.25, 0.3) is 0 Å². The molecule has 0 radical (unpaired) electrons. The average molecular weight is 551 g/mol. The van der Waals surface area contributed by atoms with E-state index in [1.807, 2.05) is 6.92 Å². The van der Waals surface area contributed by atoms with Crippen LogP contribution >= 0.6 is 24.0 Å². The van der Waals surface area contributed by atoms with Crippen molar-refractivity contribution in [1.82, 2.24) is 10.6 Å². The summed E-state index contributed by atoms with van der Waals surface area (Å²) < 4.78 is 42.2. The molecule has 1 unspecified atom stereocenters. The van der Waals surface area contributed by atoms with Gasteiger partial charge in [0.05, 0.1) is 33.4 Å². The third kappa shape index (κ3) is 8.74. The molecule has 0 aliphatic rings. The Bertz CT molecular complexity index is 833. The number of methoxy groups -OCH3 is 2. The number of rotatable bonds is 10. The zero-order valence-electron chi connectivity index (χ0n) is 17.7. The number of nitrogens with zero attached hydrogens (tertiary/aromatic N) is 1. The molecule has 3 N–H and O–H groups in total. The molecular formula is C21H28F2IN3O4. The first-order chi connectivity index (χ1) is 14.5. The zero-order chi connectivity index (χ0) is 21.9. The van der Waals surface area contributed by atoms with E-state index in [0.717, 1.165) is 12.1 Å². The van der Waals surface area contributed by atoms with Gasteiger partial charge >= 0.3 is 0 Å². The van der Waals surface area contributed by atoms with Crippen molar-refractivity contribution in [2.24, 2.45) is 4.99 Å². The maximum Gasteiger partial charge on any atom is 0.191 e. The number of benzene rings is 2. The molecule has 0 heterocycles. The van der Waals surface area contributed by atoms with Crippen molar-refractivity contribution in [3.8, 4) is 17.2 Å². The van der Waals surface area contributed by atoms with E-state index >= 15 is 0 Å². The van der Waals surface area contributed by atoms with Crippen LogP contribution in [0.15, 0.2) is 41.4 Å². The van der Waals surface area contributed by atoms with Gasteiger partial charge in [-0.1, -0.05) is 0 Å². The molecule has 172 valence electrons. The fourth-order valence-electron chi connectivity index (χ4n) is 2.57. The third-order valence-corrected chi connectivity index (χ3v) is 4.07. The minimum Gasteiger partial charge on any atom is -0.497 e. The van der Waals surface area contributed by atoms with E-state index in [2.05, 4.69) is 15.6 Å². The summed E-state index contributed by atoms with van der Waals surface area (Å²) >= 11 is 0. The van der Waals surface area contributed by atoms with Crippen LogP contribution in [-0.2, 0) is 0 Å². The standard InChI is InChI=1S/C21H27F2N3O4.HI/c1-4-24-21(25-7-8-30-20-6-5-15(22)11-18(20)23)26-13-19(27)14-9-16(28-2)12-17(10-14)29-3;/h5-6,9-12,19,27H,4,7-8,13H2,1-3H3,(H2,24,25,26);1H. The van der Waals surface area contributed by atoms with Crippen LogP contribution in [0.5, 0.6) is 17.2 Å². The van der Waals surface area contributed by atoms with Gasteiger partial charge in [-0.15, -0.1) is 24.0 Å². The molecule has 0 saturated heterocycles. The molecule has 0 spiro atoms. The van der Waals surface area contributed by atoms with Gasteiger partial charge in [0.15, 0.2) is 17.5 Å². The van der Waals surface area contributed by atoms with Crippen LogP contribution in [0.3, 0.4) is 0 Å². The van der Waals surface area contributed by atoms with Crippen LogP contribution in [0.1, 0.15) is 18.6 Å². The second kappa shape index (κ2) is 13.9. The minimum atomic E-state index is -0.867. The molecule has 31 heavy (non-hydrogen) atoms. The minimum absolute atomic E-state index is 0. The summed E-state index contributed by atoms with van der Waals surface area (Å²) in [7, 11) is 3.08. The zero-order valence-corrected chi connectivity index (χ0v) is 20.0. The van der Waals surface area contributed by atoms with Crippen LogP contribution in [0.2, 0.25) is 0 Å². The van der Waals surface area contributed by atoms with E-state index in [-0.39, 0.29) is 42.9 Å². The summed E-state index contributed by atoms with van der Waals surface area (Å²) in [6.07, 6.45) is -0.867. The van der Waals surface area contributed by atoms with Crippen molar-refractivity contribution in [1.29, 1.82) is 0 Å². The fourth-order valence-corrected chi connectivity index (χ4v) is 2.57. The van der Waals surface area contributed by atoms with E-state index in [0.29, 0.717) is 36.1 Å². The summed E-state index contributed by atoms with van der Waals surface area (Å²) in [4.78, 5) is 4.36. The van der Waals surface area contributed by atoms with Gasteiger partial charge in [0, 0.05) is 18.7 Å². The van der Waals surface area contributed by atoms with Gasteiger partial charge in [-0.25, -0.2) is 8.78 Å². The second-order valence-electron chi connectivity index (χ2n) is 6.23. The average Bonchev–Trinajstić information content (AvgIpc) is 2.75. The lowest BCUT2D eigenvalue weighted by Gasteiger charge is -2.15. The maximum atomic E-state index is 13.6. The first-order valence-corrected chi connectivity index (χ1v) is 9.47. The quantitative estimate of drug-likeness (QED) is 0.182. The van der Waals surface area contributed by atoms with E-state index in [9.17, 15) is 13.9 Å². The predicted octanol–water partition coefficient (Wildman–Crippen LogP) is 3.27. The van der Waals surface area contributed by atoms with Gasteiger partial charge in [-0.3, -0.25) is 4.99 Å². The van der Waals surface area contributed by atoms with E-state index in [1.165, 1.54) is 20.3 Å². The molecular weight excluding hydrogens is 523 g/mol. The molecule has 7 nitrogen and oxygen atoms in total. The number of ether oxygens (including phenoxy) is 3. The number of hydrogen-bond donors (Lipinski definition) is 3. The largest absolute Gasteiger partial charge is 0.497 e. The summed E-state index contributed by atoms with van der Waals surface area (Å²) in [6, 6.07) is 8.29. The van der Waals surface area contributed by atoms with Crippen LogP contribution in [0, 0.1) is 11.6 Å².